The number of benzene rings is 1. The van der Waals surface area contributed by atoms with Crippen LogP contribution in [-0.4, -0.2) is 46.0 Å². The quantitative estimate of drug-likeness (QED) is 0.651. The minimum absolute atomic E-state index is 0.182. The van der Waals surface area contributed by atoms with Crippen molar-refractivity contribution >= 4 is 11.6 Å². The summed E-state index contributed by atoms with van der Waals surface area (Å²) in [6, 6.07) is 7.46. The zero-order valence-corrected chi connectivity index (χ0v) is 13.9. The fraction of sp³-hybridized carbons (Fsp3) is 0.176. The van der Waals surface area contributed by atoms with Gasteiger partial charge in [0.25, 0.3) is 5.91 Å². The molecule has 134 valence electrons. The number of hydrogen-bond donors (Lipinski definition) is 1. The number of pyridine rings is 1. The topological polar surface area (TPSA) is 91.2 Å². The van der Waals surface area contributed by atoms with Crippen LogP contribution < -0.4 is 10.1 Å². The van der Waals surface area contributed by atoms with Gasteiger partial charge in [-0.15, -0.1) is 0 Å². The third-order valence-electron chi connectivity index (χ3n) is 3.41. The van der Waals surface area contributed by atoms with Crippen LogP contribution in [0, 0.1) is 5.82 Å². The highest BCUT2D eigenvalue weighted by Gasteiger charge is 2.15. The monoisotopic (exact) mass is 357 g/mol. The Morgan fingerprint density at radius 3 is 2.92 bits per heavy atom. The van der Waals surface area contributed by atoms with E-state index in [1.165, 1.54) is 35.7 Å². The fourth-order valence-corrected chi connectivity index (χ4v) is 2.20. The van der Waals surface area contributed by atoms with E-state index in [0.29, 0.717) is 12.3 Å². The summed E-state index contributed by atoms with van der Waals surface area (Å²) in [4.78, 5) is 20.3. The average molecular weight is 357 g/mol. The molecule has 1 amide bonds. The molecular formula is C17H16FN5O3. The van der Waals surface area contributed by atoms with Gasteiger partial charge in [-0.3, -0.25) is 4.79 Å². The van der Waals surface area contributed by atoms with Crippen LogP contribution in [0.2, 0.25) is 0 Å². The number of methoxy groups -OCH3 is 1. The highest BCUT2D eigenvalue weighted by Crippen LogP contribution is 2.20. The Morgan fingerprint density at radius 1 is 1.31 bits per heavy atom. The van der Waals surface area contributed by atoms with Gasteiger partial charge in [0.15, 0.2) is 5.82 Å². The first kappa shape index (κ1) is 17.5. The molecule has 0 saturated carbocycles. The van der Waals surface area contributed by atoms with Gasteiger partial charge in [-0.1, -0.05) is 0 Å². The van der Waals surface area contributed by atoms with Gasteiger partial charge >= 0.3 is 0 Å². The lowest BCUT2D eigenvalue weighted by Gasteiger charge is -2.11. The van der Waals surface area contributed by atoms with Gasteiger partial charge in [0, 0.05) is 19.0 Å². The lowest BCUT2D eigenvalue weighted by molar-refractivity contribution is 0.101. The molecule has 0 aliphatic carbocycles. The zero-order valence-electron chi connectivity index (χ0n) is 13.9. The van der Waals surface area contributed by atoms with Crippen molar-refractivity contribution in [2.24, 2.45) is 0 Å². The molecule has 8 nitrogen and oxygen atoms in total. The largest absolute Gasteiger partial charge is 0.475 e. The van der Waals surface area contributed by atoms with Crippen molar-refractivity contribution in [2.75, 3.05) is 25.6 Å². The molecule has 2 aromatic heterocycles. The van der Waals surface area contributed by atoms with Crippen LogP contribution in [0.25, 0.3) is 5.69 Å². The predicted molar refractivity (Wildman–Crippen MR) is 90.9 cm³/mol. The standard InChI is InChI=1S/C17H16FN5O3/c1-25-7-8-26-17-13(3-2-6-20-17)16(24)22-12-4-5-15(14(18)9-12)23-11-19-10-21-23/h2-6,9-11H,7-8H2,1H3,(H,22,24). The number of amides is 1. The summed E-state index contributed by atoms with van der Waals surface area (Å²) in [5.41, 5.74) is 0.762. The van der Waals surface area contributed by atoms with Crippen molar-refractivity contribution in [1.29, 1.82) is 0 Å². The average Bonchev–Trinajstić information content (AvgIpc) is 3.17. The first-order valence-electron chi connectivity index (χ1n) is 7.71. The number of nitrogens with one attached hydrogen (secondary N) is 1. The molecule has 1 aromatic carbocycles. The molecule has 0 saturated heterocycles. The van der Waals surface area contributed by atoms with E-state index in [-0.39, 0.29) is 23.7 Å². The van der Waals surface area contributed by atoms with Gasteiger partial charge in [-0.2, -0.15) is 5.10 Å². The van der Waals surface area contributed by atoms with E-state index in [1.54, 1.807) is 25.3 Å². The lowest BCUT2D eigenvalue weighted by atomic mass is 10.2. The molecule has 3 rings (SSSR count). The zero-order chi connectivity index (χ0) is 18.4. The number of rotatable bonds is 7. The molecule has 0 radical (unpaired) electrons. The molecule has 0 spiro atoms. The summed E-state index contributed by atoms with van der Waals surface area (Å²) in [6.07, 6.45) is 4.21. The van der Waals surface area contributed by atoms with E-state index < -0.39 is 11.7 Å². The summed E-state index contributed by atoms with van der Waals surface area (Å²) in [6.45, 7) is 0.627. The number of aromatic nitrogens is 4. The molecule has 3 aromatic rings. The Bertz CT molecular complexity index is 886. The molecule has 0 bridgehead atoms. The van der Waals surface area contributed by atoms with E-state index >= 15 is 0 Å². The summed E-state index contributed by atoms with van der Waals surface area (Å²) in [7, 11) is 1.55. The molecule has 9 heteroatoms. The summed E-state index contributed by atoms with van der Waals surface area (Å²) >= 11 is 0. The van der Waals surface area contributed by atoms with E-state index in [1.807, 2.05) is 0 Å². The van der Waals surface area contributed by atoms with Crippen molar-refractivity contribution in [3.05, 3.63) is 60.6 Å². The molecule has 0 unspecified atom stereocenters. The highest BCUT2D eigenvalue weighted by molar-refractivity contribution is 6.05. The van der Waals surface area contributed by atoms with Crippen molar-refractivity contribution in [2.45, 2.75) is 0 Å². The van der Waals surface area contributed by atoms with Crippen molar-refractivity contribution in [3.63, 3.8) is 0 Å². The number of halogens is 1. The first-order chi connectivity index (χ1) is 12.7. The minimum atomic E-state index is -0.545. The van der Waals surface area contributed by atoms with Crippen molar-refractivity contribution in [3.8, 4) is 11.6 Å². The van der Waals surface area contributed by atoms with Crippen LogP contribution in [0.4, 0.5) is 10.1 Å². The smallest absolute Gasteiger partial charge is 0.261 e. The van der Waals surface area contributed by atoms with Crippen molar-refractivity contribution < 1.29 is 18.7 Å². The van der Waals surface area contributed by atoms with E-state index in [2.05, 4.69) is 20.4 Å². The third-order valence-corrected chi connectivity index (χ3v) is 3.41. The predicted octanol–water partition coefficient (Wildman–Crippen LogP) is 2.08. The maximum absolute atomic E-state index is 14.3. The second kappa shape index (κ2) is 8.17. The van der Waals surface area contributed by atoms with Crippen LogP contribution in [0.15, 0.2) is 49.2 Å². The normalized spacial score (nSPS) is 10.5. The van der Waals surface area contributed by atoms with Crippen LogP contribution in [0.3, 0.4) is 0 Å². The Kier molecular flexibility index (Phi) is 5.49. The molecule has 2 heterocycles. The van der Waals surface area contributed by atoms with Crippen LogP contribution in [0.1, 0.15) is 10.4 Å². The number of carbonyl (C=O) groups is 1. The Morgan fingerprint density at radius 2 is 2.19 bits per heavy atom. The van der Waals surface area contributed by atoms with Crippen LogP contribution in [0.5, 0.6) is 5.88 Å². The lowest BCUT2D eigenvalue weighted by Crippen LogP contribution is -2.16. The van der Waals surface area contributed by atoms with E-state index in [4.69, 9.17) is 9.47 Å². The maximum Gasteiger partial charge on any atom is 0.261 e. The number of ether oxygens (including phenoxy) is 2. The van der Waals surface area contributed by atoms with E-state index in [9.17, 15) is 9.18 Å². The highest BCUT2D eigenvalue weighted by atomic mass is 19.1. The van der Waals surface area contributed by atoms with Crippen LogP contribution in [-0.2, 0) is 4.74 Å². The second-order valence-electron chi connectivity index (χ2n) is 5.16. The van der Waals surface area contributed by atoms with Crippen molar-refractivity contribution in [1.82, 2.24) is 19.7 Å². The Balaban J connectivity index is 1.75. The third kappa shape index (κ3) is 4.01. The van der Waals surface area contributed by atoms with E-state index in [0.717, 1.165) is 0 Å². The van der Waals surface area contributed by atoms with Gasteiger partial charge in [-0.05, 0) is 30.3 Å². The molecular weight excluding hydrogens is 341 g/mol. The molecule has 0 fully saturated rings. The Hall–Kier alpha value is -3.33. The minimum Gasteiger partial charge on any atom is -0.475 e. The number of hydrogen-bond acceptors (Lipinski definition) is 6. The first-order valence-corrected chi connectivity index (χ1v) is 7.71. The van der Waals surface area contributed by atoms with Gasteiger partial charge in [0.05, 0.1) is 6.61 Å². The van der Waals surface area contributed by atoms with Gasteiger partial charge in [0.2, 0.25) is 5.88 Å². The summed E-state index contributed by atoms with van der Waals surface area (Å²) in [5.74, 6) is -0.823. The molecule has 1 N–H and O–H groups in total. The number of anilines is 1. The summed E-state index contributed by atoms with van der Waals surface area (Å²) < 4.78 is 25.9. The second-order valence-corrected chi connectivity index (χ2v) is 5.16. The van der Waals surface area contributed by atoms with Gasteiger partial charge in [-0.25, -0.2) is 19.0 Å². The van der Waals surface area contributed by atoms with Crippen LogP contribution >= 0.6 is 0 Å². The molecule has 0 aliphatic rings. The van der Waals surface area contributed by atoms with Gasteiger partial charge < -0.3 is 14.8 Å². The number of nitrogens with zero attached hydrogens (tertiary/aromatic N) is 4. The summed E-state index contributed by atoms with van der Waals surface area (Å²) in [5, 5.41) is 6.50. The Labute approximate surface area is 148 Å². The molecule has 0 atom stereocenters. The van der Waals surface area contributed by atoms with Gasteiger partial charge in [0.1, 0.15) is 30.5 Å². The maximum atomic E-state index is 14.3. The SMILES string of the molecule is COCCOc1ncccc1C(=O)Nc1ccc(-n2cncn2)c(F)c1. The fourth-order valence-electron chi connectivity index (χ4n) is 2.20. The molecule has 26 heavy (non-hydrogen) atoms. The molecule has 0 aliphatic heterocycles. The number of carbonyl (C=O) groups excluding carboxylic acids is 1.